The van der Waals surface area contributed by atoms with Gasteiger partial charge in [0.05, 0.1) is 7.11 Å². The summed E-state index contributed by atoms with van der Waals surface area (Å²) in [5.74, 6) is 0.130. The Kier molecular flexibility index (Phi) is 3.60. The zero-order valence-corrected chi connectivity index (χ0v) is 8.62. The van der Waals surface area contributed by atoms with Crippen LogP contribution in [0.4, 0.5) is 4.39 Å². The average Bonchev–Trinajstić information content (AvgIpc) is 2.19. The summed E-state index contributed by atoms with van der Waals surface area (Å²) in [6.45, 7) is 1.40. The number of aryl methyl sites for hydroxylation is 1. The number of methoxy groups -OCH3 is 1. The van der Waals surface area contributed by atoms with Gasteiger partial charge in [-0.05, 0) is 24.6 Å². The quantitative estimate of drug-likeness (QED) is 0.567. The summed E-state index contributed by atoms with van der Waals surface area (Å²) >= 11 is 0. The molecule has 0 unspecified atom stereocenters. The van der Waals surface area contributed by atoms with E-state index in [9.17, 15) is 14.5 Å². The summed E-state index contributed by atoms with van der Waals surface area (Å²) in [6.07, 6.45) is 0.174. The SMILES string of the molecule is COc1cc(C)c(F)cc1CC[N+](=O)[O-]. The van der Waals surface area contributed by atoms with Gasteiger partial charge in [-0.15, -0.1) is 0 Å². The molecule has 1 rings (SSSR count). The van der Waals surface area contributed by atoms with Gasteiger partial charge in [-0.2, -0.15) is 0 Å². The molecule has 15 heavy (non-hydrogen) atoms. The van der Waals surface area contributed by atoms with Crippen LogP contribution in [0.2, 0.25) is 0 Å². The number of nitro groups is 1. The van der Waals surface area contributed by atoms with E-state index < -0.39 is 4.92 Å². The molecular formula is C10H12FNO3. The van der Waals surface area contributed by atoms with Crippen LogP contribution in [0.3, 0.4) is 0 Å². The molecule has 0 saturated carbocycles. The molecule has 82 valence electrons. The van der Waals surface area contributed by atoms with E-state index in [1.165, 1.54) is 13.2 Å². The summed E-state index contributed by atoms with van der Waals surface area (Å²) in [6, 6.07) is 2.84. The van der Waals surface area contributed by atoms with Crippen molar-refractivity contribution in [2.24, 2.45) is 0 Å². The number of ether oxygens (including phenoxy) is 1. The first-order valence-electron chi connectivity index (χ1n) is 4.49. The molecule has 0 radical (unpaired) electrons. The lowest BCUT2D eigenvalue weighted by atomic mass is 10.1. The standard InChI is InChI=1S/C10H12FNO3/c1-7-5-10(15-2)8(6-9(7)11)3-4-12(13)14/h5-6H,3-4H2,1-2H3. The Balaban J connectivity index is 2.94. The van der Waals surface area contributed by atoms with Gasteiger partial charge in [-0.1, -0.05) is 0 Å². The van der Waals surface area contributed by atoms with Crippen LogP contribution >= 0.6 is 0 Å². The molecule has 0 aliphatic rings. The molecule has 1 aromatic carbocycles. The fraction of sp³-hybridized carbons (Fsp3) is 0.400. The largest absolute Gasteiger partial charge is 0.496 e. The van der Waals surface area contributed by atoms with Crippen LogP contribution in [0.1, 0.15) is 11.1 Å². The summed E-state index contributed by atoms with van der Waals surface area (Å²) in [7, 11) is 1.46. The number of nitrogens with zero attached hydrogens (tertiary/aromatic N) is 1. The predicted octanol–water partition coefficient (Wildman–Crippen LogP) is 1.96. The van der Waals surface area contributed by atoms with Crippen LogP contribution in [0, 0.1) is 22.9 Å². The van der Waals surface area contributed by atoms with Crippen LogP contribution < -0.4 is 4.74 Å². The molecule has 1 aromatic rings. The van der Waals surface area contributed by atoms with Crippen molar-refractivity contribution >= 4 is 0 Å². The third kappa shape index (κ3) is 2.90. The topological polar surface area (TPSA) is 52.4 Å². The zero-order valence-electron chi connectivity index (χ0n) is 8.62. The van der Waals surface area contributed by atoms with Gasteiger partial charge in [0.2, 0.25) is 6.54 Å². The van der Waals surface area contributed by atoms with Gasteiger partial charge in [0.15, 0.2) is 0 Å². The summed E-state index contributed by atoms with van der Waals surface area (Å²) in [5, 5.41) is 10.2. The van der Waals surface area contributed by atoms with Crippen molar-refractivity contribution in [3.8, 4) is 5.75 Å². The molecule has 0 fully saturated rings. The van der Waals surface area contributed by atoms with Crippen LogP contribution in [-0.4, -0.2) is 18.6 Å². The molecule has 0 N–H and O–H groups in total. The molecule has 0 amide bonds. The van der Waals surface area contributed by atoms with E-state index >= 15 is 0 Å². The maximum atomic E-state index is 13.2. The minimum absolute atomic E-state index is 0.174. The van der Waals surface area contributed by atoms with Crippen LogP contribution in [0.5, 0.6) is 5.75 Å². The normalized spacial score (nSPS) is 10.1. The molecular weight excluding hydrogens is 201 g/mol. The molecule has 4 nitrogen and oxygen atoms in total. The van der Waals surface area contributed by atoms with Gasteiger partial charge in [0.1, 0.15) is 11.6 Å². The van der Waals surface area contributed by atoms with Crippen molar-refractivity contribution in [2.45, 2.75) is 13.3 Å². The van der Waals surface area contributed by atoms with Gasteiger partial charge in [0, 0.05) is 16.9 Å². The van der Waals surface area contributed by atoms with Crippen LogP contribution in [0.15, 0.2) is 12.1 Å². The van der Waals surface area contributed by atoms with Crippen molar-refractivity contribution in [3.63, 3.8) is 0 Å². The molecule has 0 aromatic heterocycles. The minimum Gasteiger partial charge on any atom is -0.496 e. The Morgan fingerprint density at radius 2 is 2.20 bits per heavy atom. The van der Waals surface area contributed by atoms with Crippen LogP contribution in [-0.2, 0) is 6.42 Å². The highest BCUT2D eigenvalue weighted by atomic mass is 19.1. The third-order valence-electron chi connectivity index (χ3n) is 2.13. The minimum atomic E-state index is -0.433. The van der Waals surface area contributed by atoms with E-state index in [2.05, 4.69) is 0 Å². The Morgan fingerprint density at radius 1 is 1.53 bits per heavy atom. The van der Waals surface area contributed by atoms with Crippen molar-refractivity contribution < 1.29 is 14.1 Å². The fourth-order valence-corrected chi connectivity index (χ4v) is 1.29. The fourth-order valence-electron chi connectivity index (χ4n) is 1.29. The molecule has 0 atom stereocenters. The smallest absolute Gasteiger partial charge is 0.208 e. The molecule has 0 aliphatic heterocycles. The highest BCUT2D eigenvalue weighted by Gasteiger charge is 2.10. The zero-order chi connectivity index (χ0) is 11.4. The molecule has 0 bridgehead atoms. The van der Waals surface area contributed by atoms with E-state index in [4.69, 9.17) is 4.74 Å². The first-order valence-corrected chi connectivity index (χ1v) is 4.49. The number of benzene rings is 1. The lowest BCUT2D eigenvalue weighted by molar-refractivity contribution is -0.479. The summed E-state index contributed by atoms with van der Waals surface area (Å²) in [4.78, 5) is 9.76. The Bertz CT molecular complexity index is 379. The highest BCUT2D eigenvalue weighted by molar-refractivity contribution is 5.38. The van der Waals surface area contributed by atoms with Crippen molar-refractivity contribution in [3.05, 3.63) is 39.2 Å². The first kappa shape index (κ1) is 11.4. The van der Waals surface area contributed by atoms with E-state index in [1.807, 2.05) is 0 Å². The molecule has 0 heterocycles. The van der Waals surface area contributed by atoms with Gasteiger partial charge in [0.25, 0.3) is 0 Å². The second kappa shape index (κ2) is 4.72. The highest BCUT2D eigenvalue weighted by Crippen LogP contribution is 2.22. The lowest BCUT2D eigenvalue weighted by Gasteiger charge is -2.08. The summed E-state index contributed by atoms with van der Waals surface area (Å²) < 4.78 is 18.2. The van der Waals surface area contributed by atoms with E-state index in [-0.39, 0.29) is 18.8 Å². The number of hydrogen-bond acceptors (Lipinski definition) is 3. The van der Waals surface area contributed by atoms with Crippen molar-refractivity contribution in [1.82, 2.24) is 0 Å². The van der Waals surface area contributed by atoms with E-state index in [1.54, 1.807) is 13.0 Å². The first-order chi connectivity index (χ1) is 7.04. The van der Waals surface area contributed by atoms with Crippen molar-refractivity contribution in [1.29, 1.82) is 0 Å². The Labute approximate surface area is 86.8 Å². The maximum absolute atomic E-state index is 13.2. The van der Waals surface area contributed by atoms with Gasteiger partial charge < -0.3 is 4.74 Å². The second-order valence-electron chi connectivity index (χ2n) is 3.22. The van der Waals surface area contributed by atoms with Gasteiger partial charge in [-0.25, -0.2) is 4.39 Å². The monoisotopic (exact) mass is 213 g/mol. The summed E-state index contributed by atoms with van der Waals surface area (Å²) in [5.41, 5.74) is 0.994. The van der Waals surface area contributed by atoms with Crippen LogP contribution in [0.25, 0.3) is 0 Å². The molecule has 0 aliphatic carbocycles. The maximum Gasteiger partial charge on any atom is 0.208 e. The predicted molar refractivity (Wildman–Crippen MR) is 53.3 cm³/mol. The Morgan fingerprint density at radius 3 is 2.73 bits per heavy atom. The number of rotatable bonds is 4. The molecule has 5 heteroatoms. The Hall–Kier alpha value is -1.65. The van der Waals surface area contributed by atoms with Gasteiger partial charge in [-0.3, -0.25) is 10.1 Å². The second-order valence-corrected chi connectivity index (χ2v) is 3.22. The van der Waals surface area contributed by atoms with E-state index in [0.29, 0.717) is 16.9 Å². The molecule has 0 spiro atoms. The number of hydrogen-bond donors (Lipinski definition) is 0. The number of halogens is 1. The van der Waals surface area contributed by atoms with Gasteiger partial charge >= 0.3 is 0 Å². The average molecular weight is 213 g/mol. The van der Waals surface area contributed by atoms with E-state index in [0.717, 1.165) is 0 Å². The third-order valence-corrected chi connectivity index (χ3v) is 2.13. The molecule has 0 saturated heterocycles. The lowest BCUT2D eigenvalue weighted by Crippen LogP contribution is -2.06. The van der Waals surface area contributed by atoms with Crippen molar-refractivity contribution in [2.75, 3.05) is 13.7 Å².